The number of amides is 1. The highest BCUT2D eigenvalue weighted by atomic mass is 32.1. The van der Waals surface area contributed by atoms with Crippen LogP contribution in [-0.4, -0.2) is 48.1 Å². The van der Waals surface area contributed by atoms with Gasteiger partial charge < -0.3 is 19.3 Å². The lowest BCUT2D eigenvalue weighted by atomic mass is 9.93. The fourth-order valence-electron chi connectivity index (χ4n) is 4.65. The SMILES string of the molecule is CCCCOc1ccc(C2/C(=C(\O)c3cc(C)ccc3C)C(=O)C(=O)N2c2nc(C)c(C(=O)OCC)s2)cc1OC. The Labute approximate surface area is 243 Å². The standard InChI is InChI=1S/C31H34N2O7S/c1-7-9-14-40-22-13-12-20(16-23(22)38-6)25-24(26(34)21-15-17(3)10-11-18(21)4)27(35)29(36)33(25)31-32-19(5)28(41-31)30(37)39-8-2/h10-13,15-16,25,34H,7-9,14H2,1-6H3/b26-24+. The molecule has 0 spiro atoms. The van der Waals surface area contributed by atoms with Gasteiger partial charge in [-0.3, -0.25) is 14.5 Å². The minimum atomic E-state index is -1.05. The number of aromatic nitrogens is 1. The van der Waals surface area contributed by atoms with E-state index in [9.17, 15) is 19.5 Å². The van der Waals surface area contributed by atoms with E-state index in [0.717, 1.165) is 35.3 Å². The van der Waals surface area contributed by atoms with Gasteiger partial charge in [0.05, 0.1) is 37.6 Å². The number of aliphatic hydroxyl groups excluding tert-OH is 1. The zero-order valence-corrected chi connectivity index (χ0v) is 24.9. The van der Waals surface area contributed by atoms with Crippen LogP contribution in [0.3, 0.4) is 0 Å². The van der Waals surface area contributed by atoms with Gasteiger partial charge in [0.1, 0.15) is 10.6 Å². The van der Waals surface area contributed by atoms with Crippen LogP contribution in [0.1, 0.15) is 70.4 Å². The molecule has 1 aliphatic heterocycles. The second-order valence-electron chi connectivity index (χ2n) is 9.73. The van der Waals surface area contributed by atoms with Gasteiger partial charge in [0, 0.05) is 5.56 Å². The summed E-state index contributed by atoms with van der Waals surface area (Å²) in [5.74, 6) is -1.65. The number of ketones is 1. The van der Waals surface area contributed by atoms with Crippen molar-refractivity contribution in [1.82, 2.24) is 4.98 Å². The number of carbonyl (C=O) groups excluding carboxylic acids is 3. The van der Waals surface area contributed by atoms with E-state index in [4.69, 9.17) is 14.2 Å². The van der Waals surface area contributed by atoms with E-state index in [2.05, 4.69) is 11.9 Å². The van der Waals surface area contributed by atoms with E-state index in [0.29, 0.717) is 34.9 Å². The van der Waals surface area contributed by atoms with E-state index in [1.54, 1.807) is 38.1 Å². The zero-order chi connectivity index (χ0) is 29.8. The van der Waals surface area contributed by atoms with Gasteiger partial charge in [-0.15, -0.1) is 0 Å². The molecule has 1 amide bonds. The smallest absolute Gasteiger partial charge is 0.350 e. The van der Waals surface area contributed by atoms with Crippen LogP contribution in [0.5, 0.6) is 11.5 Å². The van der Waals surface area contributed by atoms with Crippen molar-refractivity contribution in [1.29, 1.82) is 0 Å². The number of rotatable bonds is 10. The van der Waals surface area contributed by atoms with Crippen LogP contribution in [0.2, 0.25) is 0 Å². The summed E-state index contributed by atoms with van der Waals surface area (Å²) < 4.78 is 16.6. The van der Waals surface area contributed by atoms with Crippen LogP contribution in [0.4, 0.5) is 5.13 Å². The highest BCUT2D eigenvalue weighted by molar-refractivity contribution is 7.17. The average Bonchev–Trinajstić information content (AvgIpc) is 3.46. The maximum absolute atomic E-state index is 13.6. The van der Waals surface area contributed by atoms with Crippen LogP contribution in [0.15, 0.2) is 42.0 Å². The highest BCUT2D eigenvalue weighted by Crippen LogP contribution is 2.46. The number of thiazole rings is 1. The van der Waals surface area contributed by atoms with Crippen LogP contribution in [-0.2, 0) is 14.3 Å². The molecule has 9 nitrogen and oxygen atoms in total. The molecule has 2 heterocycles. The molecule has 1 unspecified atom stereocenters. The average molecular weight is 579 g/mol. The van der Waals surface area contributed by atoms with E-state index in [1.807, 2.05) is 26.0 Å². The Bertz CT molecular complexity index is 1520. The molecule has 1 N–H and O–H groups in total. The summed E-state index contributed by atoms with van der Waals surface area (Å²) in [4.78, 5) is 45.7. The summed E-state index contributed by atoms with van der Waals surface area (Å²) in [7, 11) is 1.51. The Morgan fingerprint density at radius 1 is 1.07 bits per heavy atom. The summed E-state index contributed by atoms with van der Waals surface area (Å²) >= 11 is 0.958. The number of hydrogen-bond acceptors (Lipinski definition) is 9. The molecule has 41 heavy (non-hydrogen) atoms. The van der Waals surface area contributed by atoms with E-state index in [1.165, 1.54) is 12.0 Å². The summed E-state index contributed by atoms with van der Waals surface area (Å²) in [5.41, 5.74) is 2.85. The number of nitrogens with zero attached hydrogens (tertiary/aromatic N) is 2. The van der Waals surface area contributed by atoms with Crippen molar-refractivity contribution in [3.05, 3.63) is 74.8 Å². The number of ether oxygens (including phenoxy) is 3. The van der Waals surface area contributed by atoms with Gasteiger partial charge in [-0.25, -0.2) is 9.78 Å². The largest absolute Gasteiger partial charge is 0.507 e. The second kappa shape index (κ2) is 12.6. The predicted molar refractivity (Wildman–Crippen MR) is 157 cm³/mol. The number of hydrogen-bond donors (Lipinski definition) is 1. The summed E-state index contributed by atoms with van der Waals surface area (Å²) in [6, 6.07) is 9.61. The molecule has 0 bridgehead atoms. The topological polar surface area (TPSA) is 115 Å². The minimum absolute atomic E-state index is 0.0871. The highest BCUT2D eigenvalue weighted by Gasteiger charge is 2.48. The Balaban J connectivity index is 1.93. The van der Waals surface area contributed by atoms with Crippen molar-refractivity contribution in [3.8, 4) is 11.5 Å². The van der Waals surface area contributed by atoms with Crippen LogP contribution < -0.4 is 14.4 Å². The molecule has 3 aromatic rings. The molecular formula is C31H34N2O7S. The van der Waals surface area contributed by atoms with Crippen LogP contribution in [0, 0.1) is 20.8 Å². The predicted octanol–water partition coefficient (Wildman–Crippen LogP) is 6.06. The third kappa shape index (κ3) is 5.83. The Kier molecular flexibility index (Phi) is 9.12. The quantitative estimate of drug-likeness (QED) is 0.102. The second-order valence-corrected chi connectivity index (χ2v) is 10.7. The van der Waals surface area contributed by atoms with Crippen molar-refractivity contribution in [2.75, 3.05) is 25.2 Å². The molecule has 1 aliphatic rings. The van der Waals surface area contributed by atoms with Crippen molar-refractivity contribution < 1.29 is 33.7 Å². The number of Topliss-reactive ketones (excluding diaryl/α,β-unsaturated/α-hetero) is 1. The maximum Gasteiger partial charge on any atom is 0.350 e. The fourth-order valence-corrected chi connectivity index (χ4v) is 5.64. The number of carbonyl (C=O) groups is 3. The third-order valence-electron chi connectivity index (χ3n) is 6.80. The number of aliphatic hydroxyl groups is 1. The first-order valence-corrected chi connectivity index (χ1v) is 14.3. The monoisotopic (exact) mass is 578 g/mol. The van der Waals surface area contributed by atoms with E-state index in [-0.39, 0.29) is 27.9 Å². The van der Waals surface area contributed by atoms with Crippen LogP contribution >= 0.6 is 11.3 Å². The lowest BCUT2D eigenvalue weighted by Crippen LogP contribution is -2.29. The Morgan fingerprint density at radius 3 is 2.51 bits per heavy atom. The Hall–Kier alpha value is -4.18. The molecule has 10 heteroatoms. The van der Waals surface area contributed by atoms with Crippen LogP contribution in [0.25, 0.3) is 5.76 Å². The number of benzene rings is 2. The van der Waals surface area contributed by atoms with Crippen molar-refractivity contribution >= 4 is 39.9 Å². The third-order valence-corrected chi connectivity index (χ3v) is 7.94. The number of esters is 1. The molecule has 1 saturated heterocycles. The number of aryl methyl sites for hydroxylation is 3. The molecule has 1 aromatic heterocycles. The van der Waals surface area contributed by atoms with Crippen molar-refractivity contribution in [2.24, 2.45) is 0 Å². The lowest BCUT2D eigenvalue weighted by Gasteiger charge is -2.24. The molecule has 2 aromatic carbocycles. The molecule has 1 atom stereocenters. The molecule has 0 radical (unpaired) electrons. The molecule has 0 aliphatic carbocycles. The number of unbranched alkanes of at least 4 members (excludes halogenated alkanes) is 1. The van der Waals surface area contributed by atoms with Gasteiger partial charge in [0.2, 0.25) is 0 Å². The van der Waals surface area contributed by atoms with E-state index >= 15 is 0 Å². The van der Waals surface area contributed by atoms with Gasteiger partial charge >= 0.3 is 11.9 Å². The first-order chi connectivity index (χ1) is 19.6. The summed E-state index contributed by atoms with van der Waals surface area (Å²) in [6.45, 7) is 9.79. The van der Waals surface area contributed by atoms with Gasteiger partial charge in [-0.1, -0.05) is 48.4 Å². The fraction of sp³-hybridized carbons (Fsp3) is 0.355. The van der Waals surface area contributed by atoms with Gasteiger partial charge in [0.25, 0.3) is 5.78 Å². The van der Waals surface area contributed by atoms with E-state index < -0.39 is 23.7 Å². The molecular weight excluding hydrogens is 544 g/mol. The van der Waals surface area contributed by atoms with Crippen molar-refractivity contribution in [3.63, 3.8) is 0 Å². The first-order valence-electron chi connectivity index (χ1n) is 13.5. The first kappa shape index (κ1) is 29.8. The van der Waals surface area contributed by atoms with Crippen molar-refractivity contribution in [2.45, 2.75) is 53.5 Å². The Morgan fingerprint density at radius 2 is 1.83 bits per heavy atom. The maximum atomic E-state index is 13.6. The molecule has 1 fully saturated rings. The normalized spacial score (nSPS) is 16.2. The summed E-state index contributed by atoms with van der Waals surface area (Å²) in [6.07, 6.45) is 1.83. The summed E-state index contributed by atoms with van der Waals surface area (Å²) in [5, 5.41) is 11.7. The number of anilines is 1. The molecule has 0 saturated carbocycles. The molecule has 4 rings (SSSR count). The van der Waals surface area contributed by atoms with Gasteiger partial charge in [-0.2, -0.15) is 0 Å². The molecule has 216 valence electrons. The van der Waals surface area contributed by atoms with Gasteiger partial charge in [-0.05, 0) is 63.4 Å². The zero-order valence-electron chi connectivity index (χ0n) is 24.1. The number of methoxy groups -OCH3 is 1. The minimum Gasteiger partial charge on any atom is -0.507 e. The van der Waals surface area contributed by atoms with Gasteiger partial charge in [0.15, 0.2) is 16.6 Å². The lowest BCUT2D eigenvalue weighted by molar-refractivity contribution is -0.132.